The number of hydrogen-bond acceptors (Lipinski definition) is 3. The first-order valence-corrected chi connectivity index (χ1v) is 4.94. The summed E-state index contributed by atoms with van der Waals surface area (Å²) in [5, 5.41) is 3.27. The zero-order valence-corrected chi connectivity index (χ0v) is 8.05. The highest BCUT2D eigenvalue weighted by atomic mass is 15.2. The Balaban J connectivity index is 0.000000127. The maximum atomic E-state index is 5.38. The summed E-state index contributed by atoms with van der Waals surface area (Å²) in [6.07, 6.45) is 3.89. The molecular formula is C9H21N3. The Kier molecular flexibility index (Phi) is 4.58. The lowest BCUT2D eigenvalue weighted by Gasteiger charge is -2.21. The average Bonchev–Trinajstić information content (AvgIpc) is 2.04. The summed E-state index contributed by atoms with van der Waals surface area (Å²) in [6, 6.07) is 0.565. The van der Waals surface area contributed by atoms with Crippen molar-refractivity contribution in [2.75, 3.05) is 33.2 Å². The molecule has 0 bridgehead atoms. The van der Waals surface area contributed by atoms with Gasteiger partial charge in [-0.3, -0.25) is 0 Å². The Morgan fingerprint density at radius 2 is 1.75 bits per heavy atom. The van der Waals surface area contributed by atoms with Gasteiger partial charge < -0.3 is 16.0 Å². The van der Waals surface area contributed by atoms with Crippen LogP contribution in [0.2, 0.25) is 0 Å². The Hall–Kier alpha value is -0.120. The summed E-state index contributed by atoms with van der Waals surface area (Å²) in [7, 11) is 2.15. The van der Waals surface area contributed by atoms with Crippen LogP contribution in [-0.4, -0.2) is 44.2 Å². The normalized spacial score (nSPS) is 25.5. The second-order valence-electron chi connectivity index (χ2n) is 3.74. The van der Waals surface area contributed by atoms with Gasteiger partial charge in [0, 0.05) is 32.2 Å². The van der Waals surface area contributed by atoms with Gasteiger partial charge in [-0.1, -0.05) is 6.42 Å². The predicted octanol–water partition coefficient (Wildman–Crippen LogP) is 0.0190. The quantitative estimate of drug-likeness (QED) is 0.540. The summed E-state index contributed by atoms with van der Waals surface area (Å²) in [4.78, 5) is 2.33. The summed E-state index contributed by atoms with van der Waals surface area (Å²) < 4.78 is 0. The molecular weight excluding hydrogens is 150 g/mol. The van der Waals surface area contributed by atoms with Gasteiger partial charge in [-0.15, -0.1) is 0 Å². The van der Waals surface area contributed by atoms with Crippen LogP contribution in [0.1, 0.15) is 19.3 Å². The highest BCUT2D eigenvalue weighted by Crippen LogP contribution is 2.14. The number of likely N-dealkylation sites (N-methyl/N-ethyl adjacent to an activating group) is 1. The van der Waals surface area contributed by atoms with Gasteiger partial charge in [-0.25, -0.2) is 0 Å². The minimum absolute atomic E-state index is 0.565. The summed E-state index contributed by atoms with van der Waals surface area (Å²) in [6.45, 7) is 4.74. The lowest BCUT2D eigenvalue weighted by Crippen LogP contribution is -2.40. The van der Waals surface area contributed by atoms with E-state index in [0.29, 0.717) is 6.04 Å². The van der Waals surface area contributed by atoms with Crippen molar-refractivity contribution < 1.29 is 0 Å². The van der Waals surface area contributed by atoms with Crippen molar-refractivity contribution in [1.82, 2.24) is 10.2 Å². The third-order valence-corrected chi connectivity index (χ3v) is 2.49. The highest BCUT2D eigenvalue weighted by molar-refractivity contribution is 4.70. The fraction of sp³-hybridized carbons (Fsp3) is 1.00. The molecule has 1 aliphatic carbocycles. The molecule has 0 amide bonds. The standard InChI is InChI=1S/C5H12N2.C4H9N/c1-7-4-2-6-3-5-7;5-4-2-1-3-4/h6H,2-5H2,1H3;4H,1-3,5H2. The van der Waals surface area contributed by atoms with E-state index in [-0.39, 0.29) is 0 Å². The molecule has 0 aromatic rings. The van der Waals surface area contributed by atoms with Crippen LogP contribution >= 0.6 is 0 Å². The topological polar surface area (TPSA) is 41.3 Å². The zero-order valence-electron chi connectivity index (χ0n) is 8.05. The lowest BCUT2D eigenvalue weighted by atomic mass is 9.95. The average molecular weight is 171 g/mol. The predicted molar refractivity (Wildman–Crippen MR) is 52.2 cm³/mol. The minimum atomic E-state index is 0.565. The van der Waals surface area contributed by atoms with E-state index in [4.69, 9.17) is 5.73 Å². The zero-order chi connectivity index (χ0) is 8.81. The second-order valence-corrected chi connectivity index (χ2v) is 3.74. The molecule has 0 unspecified atom stereocenters. The third-order valence-electron chi connectivity index (χ3n) is 2.49. The first-order valence-electron chi connectivity index (χ1n) is 4.94. The van der Waals surface area contributed by atoms with Gasteiger partial charge in [0.05, 0.1) is 0 Å². The summed E-state index contributed by atoms with van der Waals surface area (Å²) in [5.41, 5.74) is 5.38. The van der Waals surface area contributed by atoms with Crippen LogP contribution in [0.15, 0.2) is 0 Å². The van der Waals surface area contributed by atoms with E-state index in [1.54, 1.807) is 0 Å². The summed E-state index contributed by atoms with van der Waals surface area (Å²) in [5.74, 6) is 0. The summed E-state index contributed by atoms with van der Waals surface area (Å²) >= 11 is 0. The number of piperazine rings is 1. The van der Waals surface area contributed by atoms with Gasteiger partial charge in [-0.05, 0) is 19.9 Å². The Morgan fingerprint density at radius 1 is 1.25 bits per heavy atom. The van der Waals surface area contributed by atoms with Crippen LogP contribution in [0.3, 0.4) is 0 Å². The number of nitrogens with two attached hydrogens (primary N) is 1. The molecule has 3 N–H and O–H groups in total. The van der Waals surface area contributed by atoms with Crippen molar-refractivity contribution in [3.63, 3.8) is 0 Å². The lowest BCUT2D eigenvalue weighted by molar-refractivity contribution is 0.291. The van der Waals surface area contributed by atoms with Crippen molar-refractivity contribution >= 4 is 0 Å². The van der Waals surface area contributed by atoms with E-state index in [1.807, 2.05) is 0 Å². The number of hydrogen-bond donors (Lipinski definition) is 2. The van der Waals surface area contributed by atoms with Crippen LogP contribution in [0, 0.1) is 0 Å². The minimum Gasteiger partial charge on any atom is -0.328 e. The van der Waals surface area contributed by atoms with E-state index >= 15 is 0 Å². The largest absolute Gasteiger partial charge is 0.328 e. The van der Waals surface area contributed by atoms with Crippen LogP contribution in [0.5, 0.6) is 0 Å². The molecule has 1 saturated carbocycles. The molecule has 1 aliphatic heterocycles. The van der Waals surface area contributed by atoms with Crippen molar-refractivity contribution in [2.24, 2.45) is 5.73 Å². The van der Waals surface area contributed by atoms with Crippen LogP contribution < -0.4 is 11.1 Å². The maximum absolute atomic E-state index is 5.38. The van der Waals surface area contributed by atoms with Gasteiger partial charge in [0.25, 0.3) is 0 Å². The van der Waals surface area contributed by atoms with Crippen molar-refractivity contribution in [1.29, 1.82) is 0 Å². The van der Waals surface area contributed by atoms with E-state index in [9.17, 15) is 0 Å². The molecule has 1 heterocycles. The van der Waals surface area contributed by atoms with Gasteiger partial charge in [0.1, 0.15) is 0 Å². The van der Waals surface area contributed by atoms with E-state index in [0.717, 1.165) is 13.1 Å². The molecule has 72 valence electrons. The van der Waals surface area contributed by atoms with E-state index < -0.39 is 0 Å². The first-order chi connectivity index (χ1) is 5.79. The molecule has 2 rings (SSSR count). The molecule has 3 nitrogen and oxygen atoms in total. The molecule has 2 fully saturated rings. The van der Waals surface area contributed by atoms with Gasteiger partial charge >= 0.3 is 0 Å². The third kappa shape index (κ3) is 4.04. The monoisotopic (exact) mass is 171 g/mol. The van der Waals surface area contributed by atoms with Gasteiger partial charge in [0.2, 0.25) is 0 Å². The molecule has 0 spiro atoms. The molecule has 0 aromatic heterocycles. The Morgan fingerprint density at radius 3 is 1.92 bits per heavy atom. The molecule has 2 aliphatic rings. The van der Waals surface area contributed by atoms with Crippen molar-refractivity contribution in [2.45, 2.75) is 25.3 Å². The first kappa shape index (κ1) is 9.96. The van der Waals surface area contributed by atoms with Crippen LogP contribution in [-0.2, 0) is 0 Å². The molecule has 1 saturated heterocycles. The Bertz CT molecular complexity index is 106. The second kappa shape index (κ2) is 5.51. The maximum Gasteiger partial charge on any atom is 0.0104 e. The van der Waals surface area contributed by atoms with Gasteiger partial charge in [-0.2, -0.15) is 0 Å². The smallest absolute Gasteiger partial charge is 0.0104 e. The number of nitrogens with zero attached hydrogens (tertiary/aromatic N) is 1. The van der Waals surface area contributed by atoms with Crippen molar-refractivity contribution in [3.8, 4) is 0 Å². The van der Waals surface area contributed by atoms with Crippen LogP contribution in [0.4, 0.5) is 0 Å². The fourth-order valence-electron chi connectivity index (χ4n) is 1.22. The van der Waals surface area contributed by atoms with E-state index in [2.05, 4.69) is 17.3 Å². The van der Waals surface area contributed by atoms with Crippen molar-refractivity contribution in [3.05, 3.63) is 0 Å². The molecule has 3 heteroatoms. The molecule has 12 heavy (non-hydrogen) atoms. The molecule has 0 aromatic carbocycles. The number of nitrogens with one attached hydrogen (secondary N) is 1. The van der Waals surface area contributed by atoms with E-state index in [1.165, 1.54) is 32.4 Å². The number of rotatable bonds is 0. The van der Waals surface area contributed by atoms with Crippen LogP contribution in [0.25, 0.3) is 0 Å². The highest BCUT2D eigenvalue weighted by Gasteiger charge is 2.09. The molecule has 0 radical (unpaired) electrons. The Labute approximate surface area is 75.3 Å². The SMILES string of the molecule is CN1CCNCC1.NC1CCC1. The fourth-order valence-corrected chi connectivity index (χ4v) is 1.22. The molecule has 0 atom stereocenters. The van der Waals surface area contributed by atoms with Gasteiger partial charge in [0.15, 0.2) is 0 Å².